The van der Waals surface area contributed by atoms with Gasteiger partial charge in [-0.05, 0) is 19.3 Å². The first-order chi connectivity index (χ1) is 7.64. The van der Waals surface area contributed by atoms with Crippen molar-refractivity contribution in [2.45, 2.75) is 37.6 Å². The Morgan fingerprint density at radius 3 is 2.62 bits per heavy atom. The molecule has 16 heavy (non-hydrogen) atoms. The zero-order valence-corrected chi connectivity index (χ0v) is 10.1. The largest absolute Gasteiger partial charge is 0.391 e. The van der Waals surface area contributed by atoms with Crippen LogP contribution in [0.4, 0.5) is 0 Å². The second kappa shape index (κ2) is 4.67. The van der Waals surface area contributed by atoms with Crippen LogP contribution in [0.15, 0.2) is 0 Å². The lowest BCUT2D eigenvalue weighted by atomic mass is 9.96. The van der Waals surface area contributed by atoms with Gasteiger partial charge >= 0.3 is 0 Å². The molecule has 1 atom stereocenters. The smallest absolute Gasteiger partial charge is 0.226 e. The Morgan fingerprint density at radius 2 is 2.12 bits per heavy atom. The van der Waals surface area contributed by atoms with Crippen molar-refractivity contribution >= 4 is 23.1 Å². The van der Waals surface area contributed by atoms with Gasteiger partial charge in [0, 0.05) is 6.61 Å². The summed E-state index contributed by atoms with van der Waals surface area (Å²) in [5.74, 6) is 0.0269. The van der Waals surface area contributed by atoms with E-state index in [2.05, 4.69) is 5.32 Å². The number of carbonyl (C=O) groups is 1. The van der Waals surface area contributed by atoms with Crippen LogP contribution in [0.5, 0.6) is 0 Å². The van der Waals surface area contributed by atoms with Crippen molar-refractivity contribution in [3.8, 4) is 0 Å². The van der Waals surface area contributed by atoms with Crippen molar-refractivity contribution in [1.82, 2.24) is 5.32 Å². The number of carbonyl (C=O) groups excluding carboxylic acids is 1. The van der Waals surface area contributed by atoms with Crippen LogP contribution in [-0.2, 0) is 9.53 Å². The molecule has 0 bridgehead atoms. The Morgan fingerprint density at radius 1 is 1.44 bits per heavy atom. The molecule has 1 saturated carbocycles. The van der Waals surface area contributed by atoms with Crippen LogP contribution >= 0.6 is 12.2 Å². The van der Waals surface area contributed by atoms with Crippen molar-refractivity contribution in [1.29, 1.82) is 0 Å². The lowest BCUT2D eigenvalue weighted by molar-refractivity contribution is -0.126. The molecule has 2 aliphatic rings. The van der Waals surface area contributed by atoms with E-state index in [4.69, 9.17) is 22.7 Å². The Balaban J connectivity index is 2.00. The average molecular weight is 242 g/mol. The van der Waals surface area contributed by atoms with Gasteiger partial charge < -0.3 is 15.8 Å². The summed E-state index contributed by atoms with van der Waals surface area (Å²) in [6.07, 6.45) is 4.72. The maximum atomic E-state index is 12.0. The normalized spacial score (nSPS) is 27.9. The van der Waals surface area contributed by atoms with Crippen LogP contribution in [0.3, 0.4) is 0 Å². The van der Waals surface area contributed by atoms with Gasteiger partial charge in [-0.2, -0.15) is 0 Å². The highest BCUT2D eigenvalue weighted by Crippen LogP contribution is 2.30. The monoisotopic (exact) mass is 242 g/mol. The summed E-state index contributed by atoms with van der Waals surface area (Å²) >= 11 is 5.09. The van der Waals surface area contributed by atoms with Crippen molar-refractivity contribution in [2.24, 2.45) is 11.7 Å². The Labute approximate surface area is 101 Å². The lowest BCUT2D eigenvalue weighted by Crippen LogP contribution is -2.56. The van der Waals surface area contributed by atoms with E-state index in [9.17, 15) is 4.79 Å². The topological polar surface area (TPSA) is 64.3 Å². The molecule has 0 aromatic rings. The fourth-order valence-electron chi connectivity index (χ4n) is 2.49. The van der Waals surface area contributed by atoms with Gasteiger partial charge in [0.05, 0.1) is 23.1 Å². The highest BCUT2D eigenvalue weighted by molar-refractivity contribution is 7.80. The molecule has 1 unspecified atom stereocenters. The molecular weight excluding hydrogens is 224 g/mol. The Kier molecular flexibility index (Phi) is 3.44. The fraction of sp³-hybridized carbons (Fsp3) is 0.818. The average Bonchev–Trinajstić information content (AvgIpc) is 2.88. The zero-order chi connectivity index (χ0) is 11.6. The summed E-state index contributed by atoms with van der Waals surface area (Å²) in [6.45, 7) is 1.21. The number of ether oxygens (including phenoxy) is 1. The van der Waals surface area contributed by atoms with Gasteiger partial charge in [0.1, 0.15) is 0 Å². The first-order valence-electron chi connectivity index (χ1n) is 5.84. The van der Waals surface area contributed by atoms with E-state index >= 15 is 0 Å². The predicted octanol–water partition coefficient (Wildman–Crippen LogP) is 0.738. The molecule has 0 aromatic heterocycles. The molecular formula is C11H18N2O2S. The summed E-state index contributed by atoms with van der Waals surface area (Å²) in [5, 5.41) is 3.05. The van der Waals surface area contributed by atoms with Crippen LogP contribution < -0.4 is 11.1 Å². The molecule has 2 fully saturated rings. The third-order valence-corrected chi connectivity index (χ3v) is 3.98. The number of hydrogen-bond donors (Lipinski definition) is 2. The summed E-state index contributed by atoms with van der Waals surface area (Å²) in [7, 11) is 0. The maximum Gasteiger partial charge on any atom is 0.226 e. The standard InChI is InChI=1S/C11H18N2O2S/c12-10(16)11(4-1-2-5-11)13-9(14)8-3-6-15-7-8/h8H,1-7H2,(H2,12,16)(H,13,14). The zero-order valence-electron chi connectivity index (χ0n) is 9.33. The molecule has 1 aliphatic heterocycles. The molecule has 0 aromatic carbocycles. The number of nitrogens with two attached hydrogens (primary N) is 1. The summed E-state index contributed by atoms with van der Waals surface area (Å²) in [6, 6.07) is 0. The van der Waals surface area contributed by atoms with E-state index in [1.807, 2.05) is 0 Å². The lowest BCUT2D eigenvalue weighted by Gasteiger charge is -2.30. The van der Waals surface area contributed by atoms with E-state index in [-0.39, 0.29) is 11.8 Å². The third-order valence-electron chi connectivity index (χ3n) is 3.59. The van der Waals surface area contributed by atoms with E-state index in [1.54, 1.807) is 0 Å². The van der Waals surface area contributed by atoms with Crippen LogP contribution in [-0.4, -0.2) is 29.6 Å². The maximum absolute atomic E-state index is 12.0. The molecule has 2 rings (SSSR count). The van der Waals surface area contributed by atoms with Crippen molar-refractivity contribution in [3.63, 3.8) is 0 Å². The summed E-state index contributed by atoms with van der Waals surface area (Å²) in [4.78, 5) is 12.4. The molecule has 90 valence electrons. The molecule has 1 aliphatic carbocycles. The number of amides is 1. The van der Waals surface area contributed by atoms with Gasteiger partial charge in [0.15, 0.2) is 0 Å². The third kappa shape index (κ3) is 2.20. The van der Waals surface area contributed by atoms with Crippen LogP contribution in [0.25, 0.3) is 0 Å². The van der Waals surface area contributed by atoms with Gasteiger partial charge in [0.25, 0.3) is 0 Å². The minimum atomic E-state index is -0.422. The highest BCUT2D eigenvalue weighted by atomic mass is 32.1. The van der Waals surface area contributed by atoms with Gasteiger partial charge in [-0.25, -0.2) is 0 Å². The van der Waals surface area contributed by atoms with Gasteiger partial charge in [-0.15, -0.1) is 0 Å². The summed E-state index contributed by atoms with van der Waals surface area (Å²) < 4.78 is 5.21. The first kappa shape index (κ1) is 11.8. The van der Waals surface area contributed by atoms with Gasteiger partial charge in [0.2, 0.25) is 5.91 Å². The molecule has 4 nitrogen and oxygen atoms in total. The molecule has 1 amide bonds. The van der Waals surface area contributed by atoms with Gasteiger partial charge in [-0.3, -0.25) is 4.79 Å². The molecule has 3 N–H and O–H groups in total. The van der Waals surface area contributed by atoms with Crippen LogP contribution in [0.2, 0.25) is 0 Å². The van der Waals surface area contributed by atoms with E-state index in [1.165, 1.54) is 0 Å². The minimum Gasteiger partial charge on any atom is -0.391 e. The van der Waals surface area contributed by atoms with E-state index < -0.39 is 5.54 Å². The molecule has 1 heterocycles. The van der Waals surface area contributed by atoms with Gasteiger partial charge in [-0.1, -0.05) is 25.1 Å². The second-order valence-electron chi connectivity index (χ2n) is 4.70. The second-order valence-corrected chi connectivity index (χ2v) is 5.14. The molecule has 0 spiro atoms. The van der Waals surface area contributed by atoms with Crippen molar-refractivity contribution < 1.29 is 9.53 Å². The SMILES string of the molecule is NC(=S)C1(NC(=O)C2CCOC2)CCCC1. The molecule has 1 saturated heterocycles. The molecule has 5 heteroatoms. The van der Waals surface area contributed by atoms with E-state index in [0.29, 0.717) is 18.2 Å². The highest BCUT2D eigenvalue weighted by Gasteiger charge is 2.39. The van der Waals surface area contributed by atoms with Crippen LogP contribution in [0, 0.1) is 5.92 Å². The number of hydrogen-bond acceptors (Lipinski definition) is 3. The number of nitrogens with one attached hydrogen (secondary N) is 1. The molecule has 0 radical (unpaired) electrons. The fourth-order valence-corrected chi connectivity index (χ4v) is 2.75. The van der Waals surface area contributed by atoms with E-state index in [0.717, 1.165) is 32.1 Å². The predicted molar refractivity (Wildman–Crippen MR) is 65.1 cm³/mol. The van der Waals surface area contributed by atoms with Crippen molar-refractivity contribution in [2.75, 3.05) is 13.2 Å². The Bertz CT molecular complexity index is 294. The Hall–Kier alpha value is -0.680. The number of rotatable bonds is 3. The number of thiocarbonyl (C=S) groups is 1. The van der Waals surface area contributed by atoms with Crippen molar-refractivity contribution in [3.05, 3.63) is 0 Å². The first-order valence-corrected chi connectivity index (χ1v) is 6.24. The minimum absolute atomic E-state index is 0.0215. The quantitative estimate of drug-likeness (QED) is 0.716. The summed E-state index contributed by atoms with van der Waals surface area (Å²) in [5.41, 5.74) is 5.34. The van der Waals surface area contributed by atoms with Crippen LogP contribution in [0.1, 0.15) is 32.1 Å².